The van der Waals surface area contributed by atoms with Crippen LogP contribution in [-0.4, -0.2) is 45.7 Å². The fraction of sp³-hybridized carbons (Fsp3) is 0.667. The van der Waals surface area contributed by atoms with Crippen LogP contribution >= 0.6 is 11.3 Å². The summed E-state index contributed by atoms with van der Waals surface area (Å²) in [6, 6.07) is 0. The maximum atomic E-state index is 12.1. The number of carbonyl (C=O) groups is 2. The zero-order valence-corrected chi connectivity index (χ0v) is 14.0. The summed E-state index contributed by atoms with van der Waals surface area (Å²) < 4.78 is 5.34. The molecule has 1 saturated heterocycles. The number of amides is 1. The Bertz CT molecular complexity index is 528. The number of aliphatic carboxylic acids is 1. The Kier molecular flexibility index (Phi) is 4.75. The van der Waals surface area contributed by atoms with E-state index in [0.717, 1.165) is 4.88 Å². The number of aromatic nitrogens is 1. The molecular formula is C15H22N2O4S. The Hall–Kier alpha value is -1.63. The van der Waals surface area contributed by atoms with Gasteiger partial charge in [0.2, 0.25) is 0 Å². The van der Waals surface area contributed by atoms with Crippen molar-refractivity contribution in [2.45, 2.75) is 45.6 Å². The van der Waals surface area contributed by atoms with Crippen molar-refractivity contribution in [3.63, 3.8) is 0 Å². The van der Waals surface area contributed by atoms with E-state index < -0.39 is 17.0 Å². The van der Waals surface area contributed by atoms with Gasteiger partial charge in [-0.15, -0.1) is 11.3 Å². The van der Waals surface area contributed by atoms with Crippen LogP contribution in [0.1, 0.15) is 38.5 Å². The number of piperidine rings is 1. The first kappa shape index (κ1) is 16.7. The molecule has 1 amide bonds. The molecule has 1 aliphatic rings. The molecule has 22 heavy (non-hydrogen) atoms. The second kappa shape index (κ2) is 6.24. The summed E-state index contributed by atoms with van der Waals surface area (Å²) >= 11 is 1.47. The minimum absolute atomic E-state index is 0.371. The zero-order chi connectivity index (χ0) is 16.4. The molecule has 0 aliphatic carbocycles. The van der Waals surface area contributed by atoms with E-state index in [-0.39, 0.29) is 6.09 Å². The van der Waals surface area contributed by atoms with E-state index in [1.165, 1.54) is 11.3 Å². The van der Waals surface area contributed by atoms with Crippen LogP contribution in [0.2, 0.25) is 0 Å². The minimum Gasteiger partial charge on any atom is -0.481 e. The number of carboxylic acid groups (broad SMARTS) is 1. The molecule has 1 N–H and O–H groups in total. The summed E-state index contributed by atoms with van der Waals surface area (Å²) in [6.45, 7) is 6.26. The molecule has 0 atom stereocenters. The van der Waals surface area contributed by atoms with Crippen LogP contribution in [0.25, 0.3) is 0 Å². The fourth-order valence-corrected chi connectivity index (χ4v) is 3.31. The minimum atomic E-state index is -0.814. The van der Waals surface area contributed by atoms with Gasteiger partial charge in [-0.25, -0.2) is 4.79 Å². The van der Waals surface area contributed by atoms with Gasteiger partial charge in [0.25, 0.3) is 0 Å². The van der Waals surface area contributed by atoms with Gasteiger partial charge in [0.1, 0.15) is 5.60 Å². The van der Waals surface area contributed by atoms with E-state index in [2.05, 4.69) is 4.98 Å². The van der Waals surface area contributed by atoms with Gasteiger partial charge in [0.05, 0.1) is 10.9 Å². The highest BCUT2D eigenvalue weighted by Crippen LogP contribution is 2.36. The van der Waals surface area contributed by atoms with Crippen molar-refractivity contribution < 1.29 is 19.4 Å². The summed E-state index contributed by atoms with van der Waals surface area (Å²) in [6.07, 6.45) is 2.67. The standard InChI is InChI=1S/C15H22N2O4S/c1-14(2,3)21-13(20)17-6-4-15(5-7-17,12(18)19)8-11-9-16-10-22-11/h9-10H,4-8H2,1-3H3,(H,18,19). The normalized spacial score (nSPS) is 18.0. The molecule has 2 heterocycles. The van der Waals surface area contributed by atoms with Crippen LogP contribution in [0.4, 0.5) is 4.79 Å². The molecule has 1 aromatic rings. The molecule has 1 aliphatic heterocycles. The molecule has 2 rings (SSSR count). The average Bonchev–Trinajstić information content (AvgIpc) is 2.90. The molecule has 0 aromatic carbocycles. The summed E-state index contributed by atoms with van der Waals surface area (Å²) in [5, 5.41) is 9.65. The van der Waals surface area contributed by atoms with Gasteiger partial charge in [0, 0.05) is 24.2 Å². The average molecular weight is 326 g/mol. The second-order valence-electron chi connectivity index (χ2n) is 6.70. The third-order valence-corrected chi connectivity index (χ3v) is 4.60. The van der Waals surface area contributed by atoms with E-state index in [1.54, 1.807) is 16.6 Å². The van der Waals surface area contributed by atoms with Gasteiger partial charge in [0.15, 0.2) is 0 Å². The topological polar surface area (TPSA) is 79.7 Å². The lowest BCUT2D eigenvalue weighted by atomic mass is 9.75. The second-order valence-corrected chi connectivity index (χ2v) is 7.67. The van der Waals surface area contributed by atoms with Crippen molar-refractivity contribution >= 4 is 23.4 Å². The van der Waals surface area contributed by atoms with Crippen LogP contribution in [0.15, 0.2) is 11.7 Å². The first-order chi connectivity index (χ1) is 10.2. The summed E-state index contributed by atoms with van der Waals surface area (Å²) in [5.74, 6) is -0.801. The van der Waals surface area contributed by atoms with Crippen LogP contribution in [0, 0.1) is 5.41 Å². The Morgan fingerprint density at radius 3 is 2.50 bits per heavy atom. The number of rotatable bonds is 3. The zero-order valence-electron chi connectivity index (χ0n) is 13.2. The number of hydrogen-bond acceptors (Lipinski definition) is 5. The highest BCUT2D eigenvalue weighted by atomic mass is 32.1. The monoisotopic (exact) mass is 326 g/mol. The van der Waals surface area contributed by atoms with Crippen LogP contribution in [-0.2, 0) is 16.0 Å². The van der Waals surface area contributed by atoms with Gasteiger partial charge < -0.3 is 14.7 Å². The van der Waals surface area contributed by atoms with Crippen LogP contribution in [0.3, 0.4) is 0 Å². The van der Waals surface area contributed by atoms with E-state index >= 15 is 0 Å². The number of nitrogens with zero attached hydrogens (tertiary/aromatic N) is 2. The van der Waals surface area contributed by atoms with Crippen molar-refractivity contribution in [2.75, 3.05) is 13.1 Å². The molecule has 0 saturated carbocycles. The molecule has 0 bridgehead atoms. The molecule has 122 valence electrons. The molecule has 1 fully saturated rings. The maximum absolute atomic E-state index is 12.1. The van der Waals surface area contributed by atoms with Crippen LogP contribution < -0.4 is 0 Å². The molecule has 6 nitrogen and oxygen atoms in total. The van der Waals surface area contributed by atoms with E-state index in [0.29, 0.717) is 32.4 Å². The Balaban J connectivity index is 2.01. The number of thiazole rings is 1. The largest absolute Gasteiger partial charge is 0.481 e. The molecule has 1 aromatic heterocycles. The van der Waals surface area contributed by atoms with Crippen molar-refractivity contribution in [2.24, 2.45) is 5.41 Å². The first-order valence-corrected chi connectivity index (χ1v) is 8.18. The lowest BCUT2D eigenvalue weighted by Gasteiger charge is -2.39. The first-order valence-electron chi connectivity index (χ1n) is 7.31. The van der Waals surface area contributed by atoms with Crippen molar-refractivity contribution in [1.29, 1.82) is 0 Å². The van der Waals surface area contributed by atoms with E-state index in [9.17, 15) is 14.7 Å². The molecule has 0 spiro atoms. The Labute approximate surface area is 134 Å². The van der Waals surface area contributed by atoms with Crippen molar-refractivity contribution in [1.82, 2.24) is 9.88 Å². The van der Waals surface area contributed by atoms with Gasteiger partial charge in [-0.05, 0) is 40.0 Å². The fourth-order valence-electron chi connectivity index (χ4n) is 2.57. The molecule has 7 heteroatoms. The van der Waals surface area contributed by atoms with Crippen LogP contribution in [0.5, 0.6) is 0 Å². The molecule has 0 radical (unpaired) electrons. The number of carbonyl (C=O) groups excluding carboxylic acids is 1. The number of ether oxygens (including phenoxy) is 1. The summed E-state index contributed by atoms with van der Waals surface area (Å²) in [7, 11) is 0. The van der Waals surface area contributed by atoms with Gasteiger partial charge in [-0.3, -0.25) is 9.78 Å². The van der Waals surface area contributed by atoms with Gasteiger partial charge in [-0.2, -0.15) is 0 Å². The maximum Gasteiger partial charge on any atom is 0.410 e. The predicted octanol–water partition coefficient (Wildman–Crippen LogP) is 2.79. The number of likely N-dealkylation sites (tertiary alicyclic amines) is 1. The van der Waals surface area contributed by atoms with Crippen molar-refractivity contribution in [3.05, 3.63) is 16.6 Å². The van der Waals surface area contributed by atoms with E-state index in [1.807, 2.05) is 20.8 Å². The summed E-state index contributed by atoms with van der Waals surface area (Å²) in [5.41, 5.74) is 0.354. The Morgan fingerprint density at radius 1 is 1.41 bits per heavy atom. The SMILES string of the molecule is CC(C)(C)OC(=O)N1CCC(Cc2cncs2)(C(=O)O)CC1. The van der Waals surface area contributed by atoms with Gasteiger partial charge >= 0.3 is 12.1 Å². The van der Waals surface area contributed by atoms with E-state index in [4.69, 9.17) is 4.74 Å². The van der Waals surface area contributed by atoms with Gasteiger partial charge in [-0.1, -0.05) is 0 Å². The third-order valence-electron chi connectivity index (χ3n) is 3.82. The Morgan fingerprint density at radius 2 is 2.05 bits per heavy atom. The lowest BCUT2D eigenvalue weighted by molar-refractivity contribution is -0.152. The number of carboxylic acids is 1. The molecular weight excluding hydrogens is 304 g/mol. The molecule has 0 unspecified atom stereocenters. The highest BCUT2D eigenvalue weighted by Gasteiger charge is 2.43. The smallest absolute Gasteiger partial charge is 0.410 e. The predicted molar refractivity (Wildman–Crippen MR) is 82.9 cm³/mol. The lowest BCUT2D eigenvalue weighted by Crippen LogP contribution is -2.48. The summed E-state index contributed by atoms with van der Waals surface area (Å²) in [4.78, 5) is 30.4. The quantitative estimate of drug-likeness (QED) is 0.924. The van der Waals surface area contributed by atoms with Crippen molar-refractivity contribution in [3.8, 4) is 0 Å². The highest BCUT2D eigenvalue weighted by molar-refractivity contribution is 7.09. The third kappa shape index (κ3) is 3.97. The number of hydrogen-bond donors (Lipinski definition) is 1.